The molecule has 1 fully saturated rings. The van der Waals surface area contributed by atoms with Crippen LogP contribution in [0, 0.1) is 5.92 Å². The van der Waals surface area contributed by atoms with Crippen molar-refractivity contribution in [2.24, 2.45) is 5.92 Å². The van der Waals surface area contributed by atoms with Crippen LogP contribution in [0.4, 0.5) is 5.69 Å². The Kier molecular flexibility index (Phi) is 7.44. The Bertz CT molecular complexity index is 870. The quantitative estimate of drug-likeness (QED) is 0.642. The number of anilines is 1. The molecule has 0 aromatic heterocycles. The van der Waals surface area contributed by atoms with Crippen LogP contribution in [0.15, 0.2) is 12.1 Å². The van der Waals surface area contributed by atoms with E-state index in [-0.39, 0.29) is 23.7 Å². The molecule has 0 bridgehead atoms. The average Bonchev–Trinajstić information content (AvgIpc) is 2.72. The lowest BCUT2D eigenvalue weighted by Crippen LogP contribution is -2.47. The SMILES string of the molecule is COC(=O)c1cc(OC)c(OC)cc1NC(=O)[C@@H]1CCCN(S(=O)(=O)N(C)C)C1. The Balaban J connectivity index is 2.28. The summed E-state index contributed by atoms with van der Waals surface area (Å²) in [5.41, 5.74) is 0.305. The molecule has 1 aromatic carbocycles. The summed E-state index contributed by atoms with van der Waals surface area (Å²) >= 11 is 0. The number of hydrogen-bond donors (Lipinski definition) is 1. The van der Waals surface area contributed by atoms with E-state index in [1.54, 1.807) is 0 Å². The molecule has 10 nitrogen and oxygen atoms in total. The van der Waals surface area contributed by atoms with Crippen LogP contribution in [-0.2, 0) is 19.7 Å². The average molecular weight is 429 g/mol. The van der Waals surface area contributed by atoms with Crippen LogP contribution >= 0.6 is 0 Å². The van der Waals surface area contributed by atoms with Gasteiger partial charge >= 0.3 is 5.97 Å². The van der Waals surface area contributed by atoms with Crippen LogP contribution in [0.3, 0.4) is 0 Å². The molecule has 1 atom stereocenters. The summed E-state index contributed by atoms with van der Waals surface area (Å²) in [6, 6.07) is 2.89. The van der Waals surface area contributed by atoms with Crippen molar-refractivity contribution in [1.82, 2.24) is 8.61 Å². The van der Waals surface area contributed by atoms with Crippen molar-refractivity contribution >= 4 is 27.8 Å². The van der Waals surface area contributed by atoms with E-state index in [0.717, 1.165) is 4.31 Å². The lowest BCUT2D eigenvalue weighted by Gasteiger charge is -2.32. The Labute approximate surface area is 170 Å². The third-order valence-electron chi connectivity index (χ3n) is 4.73. The number of methoxy groups -OCH3 is 3. The van der Waals surface area contributed by atoms with Gasteiger partial charge in [0.2, 0.25) is 5.91 Å². The molecular weight excluding hydrogens is 402 g/mol. The number of hydrogen-bond acceptors (Lipinski definition) is 7. The monoisotopic (exact) mass is 429 g/mol. The molecule has 1 heterocycles. The Morgan fingerprint density at radius 2 is 1.76 bits per heavy atom. The summed E-state index contributed by atoms with van der Waals surface area (Å²) in [5, 5.41) is 2.71. The molecule has 0 radical (unpaired) electrons. The minimum absolute atomic E-state index is 0.0627. The van der Waals surface area contributed by atoms with Gasteiger partial charge in [0, 0.05) is 39.3 Å². The fraction of sp³-hybridized carbons (Fsp3) is 0.556. The highest BCUT2D eigenvalue weighted by Gasteiger charge is 2.34. The smallest absolute Gasteiger partial charge is 0.340 e. The van der Waals surface area contributed by atoms with Crippen LogP contribution in [-0.4, -0.2) is 77.4 Å². The standard InChI is InChI=1S/C18H27N3O7S/c1-20(2)29(24,25)21-8-6-7-12(11-21)17(22)19-14-10-16(27-4)15(26-3)9-13(14)18(23)28-5/h9-10,12H,6-8,11H2,1-5H3,(H,19,22)/t12-/m1/s1. The van der Waals surface area contributed by atoms with Crippen molar-refractivity contribution in [2.75, 3.05) is 53.8 Å². The number of carbonyl (C=O) groups is 2. The van der Waals surface area contributed by atoms with Gasteiger partial charge in [0.25, 0.3) is 10.2 Å². The van der Waals surface area contributed by atoms with E-state index in [1.165, 1.54) is 51.9 Å². The summed E-state index contributed by atoms with van der Waals surface area (Å²) < 4.78 is 42.4. The Morgan fingerprint density at radius 3 is 2.31 bits per heavy atom. The van der Waals surface area contributed by atoms with E-state index >= 15 is 0 Å². The van der Waals surface area contributed by atoms with E-state index in [9.17, 15) is 18.0 Å². The van der Waals surface area contributed by atoms with Crippen molar-refractivity contribution in [3.05, 3.63) is 17.7 Å². The van der Waals surface area contributed by atoms with Crippen LogP contribution in [0.5, 0.6) is 11.5 Å². The molecule has 0 aliphatic carbocycles. The second kappa shape index (κ2) is 9.42. The Hall–Kier alpha value is -2.37. The molecule has 2 rings (SSSR count). The second-order valence-corrected chi connectivity index (χ2v) is 8.86. The lowest BCUT2D eigenvalue weighted by atomic mass is 9.98. The summed E-state index contributed by atoms with van der Waals surface area (Å²) in [6.07, 6.45) is 1.09. The van der Waals surface area contributed by atoms with Crippen LogP contribution in [0.1, 0.15) is 23.2 Å². The van der Waals surface area contributed by atoms with E-state index in [0.29, 0.717) is 30.9 Å². The lowest BCUT2D eigenvalue weighted by molar-refractivity contribution is -0.120. The molecule has 11 heteroatoms. The van der Waals surface area contributed by atoms with Gasteiger partial charge in [0.15, 0.2) is 11.5 Å². The zero-order valence-corrected chi connectivity index (χ0v) is 18.0. The fourth-order valence-corrected chi connectivity index (χ4v) is 4.28. The van der Waals surface area contributed by atoms with Gasteiger partial charge in [-0.05, 0) is 12.8 Å². The first-order valence-electron chi connectivity index (χ1n) is 8.98. The van der Waals surface area contributed by atoms with Crippen molar-refractivity contribution in [3.63, 3.8) is 0 Å². The highest BCUT2D eigenvalue weighted by Crippen LogP contribution is 2.34. The van der Waals surface area contributed by atoms with Crippen LogP contribution in [0.2, 0.25) is 0 Å². The van der Waals surface area contributed by atoms with Gasteiger partial charge < -0.3 is 19.5 Å². The molecule has 0 saturated carbocycles. The largest absolute Gasteiger partial charge is 0.493 e. The topological polar surface area (TPSA) is 114 Å². The molecule has 162 valence electrons. The normalized spacial score (nSPS) is 17.7. The third kappa shape index (κ3) is 4.98. The number of ether oxygens (including phenoxy) is 3. The molecule has 1 aromatic rings. The molecule has 0 unspecified atom stereocenters. The fourth-order valence-electron chi connectivity index (χ4n) is 3.09. The minimum Gasteiger partial charge on any atom is -0.493 e. The summed E-state index contributed by atoms with van der Waals surface area (Å²) in [5.74, 6) is -0.956. The highest BCUT2D eigenvalue weighted by atomic mass is 32.2. The van der Waals surface area contributed by atoms with Crippen molar-refractivity contribution in [1.29, 1.82) is 0 Å². The molecule has 1 aliphatic rings. The molecule has 0 spiro atoms. The van der Waals surface area contributed by atoms with E-state index in [2.05, 4.69) is 5.32 Å². The molecule has 29 heavy (non-hydrogen) atoms. The maximum atomic E-state index is 12.9. The van der Waals surface area contributed by atoms with E-state index in [4.69, 9.17) is 14.2 Å². The molecule has 1 N–H and O–H groups in total. The second-order valence-electron chi connectivity index (χ2n) is 6.72. The van der Waals surface area contributed by atoms with E-state index in [1.807, 2.05) is 0 Å². The van der Waals surface area contributed by atoms with Gasteiger partial charge in [-0.3, -0.25) is 4.79 Å². The zero-order valence-electron chi connectivity index (χ0n) is 17.2. The molecule has 1 amide bonds. The number of piperidine rings is 1. The zero-order chi connectivity index (χ0) is 21.8. The summed E-state index contributed by atoms with van der Waals surface area (Å²) in [7, 11) is 3.39. The first kappa shape index (κ1) is 22.9. The van der Waals surface area contributed by atoms with E-state index < -0.39 is 22.1 Å². The number of esters is 1. The van der Waals surface area contributed by atoms with Crippen molar-refractivity contribution < 1.29 is 32.2 Å². The predicted molar refractivity (Wildman–Crippen MR) is 106 cm³/mol. The summed E-state index contributed by atoms with van der Waals surface area (Å²) in [6.45, 7) is 0.418. The molecule has 1 saturated heterocycles. The maximum Gasteiger partial charge on any atom is 0.340 e. The van der Waals surface area contributed by atoms with Crippen molar-refractivity contribution in [2.45, 2.75) is 12.8 Å². The molecular formula is C18H27N3O7S. The van der Waals surface area contributed by atoms with Gasteiger partial charge in [-0.15, -0.1) is 0 Å². The van der Waals surface area contributed by atoms with Gasteiger partial charge in [0.1, 0.15) is 0 Å². The number of benzene rings is 1. The number of amides is 1. The van der Waals surface area contributed by atoms with Crippen LogP contribution < -0.4 is 14.8 Å². The summed E-state index contributed by atoms with van der Waals surface area (Å²) in [4.78, 5) is 25.0. The number of nitrogens with one attached hydrogen (secondary N) is 1. The maximum absolute atomic E-state index is 12.9. The van der Waals surface area contributed by atoms with Crippen molar-refractivity contribution in [3.8, 4) is 11.5 Å². The minimum atomic E-state index is -3.61. The van der Waals surface area contributed by atoms with Crippen LogP contribution in [0.25, 0.3) is 0 Å². The number of rotatable bonds is 7. The number of carbonyl (C=O) groups excluding carboxylic acids is 2. The highest BCUT2D eigenvalue weighted by molar-refractivity contribution is 7.86. The Morgan fingerprint density at radius 1 is 1.14 bits per heavy atom. The first-order chi connectivity index (χ1) is 13.6. The molecule has 1 aliphatic heterocycles. The first-order valence-corrected chi connectivity index (χ1v) is 10.4. The predicted octanol–water partition coefficient (Wildman–Crippen LogP) is 0.947. The van der Waals surface area contributed by atoms with Gasteiger partial charge in [0.05, 0.1) is 38.5 Å². The number of nitrogens with zero attached hydrogens (tertiary/aromatic N) is 2. The van der Waals surface area contributed by atoms with Gasteiger partial charge in [-0.25, -0.2) is 4.79 Å². The van der Waals surface area contributed by atoms with Gasteiger partial charge in [-0.2, -0.15) is 17.0 Å². The third-order valence-corrected chi connectivity index (χ3v) is 6.64. The van der Waals surface area contributed by atoms with Gasteiger partial charge in [-0.1, -0.05) is 0 Å².